The van der Waals surface area contributed by atoms with Gasteiger partial charge in [0, 0.05) is 50.6 Å². The molecule has 284 valence electrons. The number of hydrogen-bond acceptors (Lipinski definition) is 11. The SMILES string of the molecule is CCc1c(N2CCN(C(=O)c3ncnc(C)c3O)[C@@H]3CC[C@H]32)c(=O)c2nc(N(C)C3CC(OC)C3)c(C)nc2n1CC(=O)NC12CC(C(F)(F)F)(C1)C2. The van der Waals surface area contributed by atoms with Gasteiger partial charge in [-0.3, -0.25) is 14.4 Å². The van der Waals surface area contributed by atoms with Crippen molar-refractivity contribution in [3.8, 4) is 5.75 Å². The Labute approximate surface area is 303 Å². The Balaban J connectivity index is 1.16. The van der Waals surface area contributed by atoms with Crippen LogP contribution in [-0.2, 0) is 22.5 Å². The van der Waals surface area contributed by atoms with Crippen LogP contribution in [0, 0.1) is 19.3 Å². The molecule has 4 heterocycles. The second-order valence-electron chi connectivity index (χ2n) is 15.7. The number of alkyl halides is 3. The Kier molecular flexibility index (Phi) is 8.20. The number of pyridine rings is 1. The minimum Gasteiger partial charge on any atom is -0.504 e. The van der Waals surface area contributed by atoms with Crippen LogP contribution in [0.25, 0.3) is 11.2 Å². The van der Waals surface area contributed by atoms with E-state index in [4.69, 9.17) is 14.7 Å². The summed E-state index contributed by atoms with van der Waals surface area (Å²) in [5, 5.41) is 13.5. The van der Waals surface area contributed by atoms with Crippen LogP contribution < -0.4 is 20.5 Å². The Bertz CT molecular complexity index is 2060. The highest BCUT2D eigenvalue weighted by Gasteiger charge is 2.79. The van der Waals surface area contributed by atoms with Crippen molar-refractivity contribution in [3.63, 3.8) is 0 Å². The van der Waals surface area contributed by atoms with Crippen molar-refractivity contribution in [1.82, 2.24) is 34.7 Å². The van der Waals surface area contributed by atoms with E-state index in [2.05, 4.69) is 15.3 Å². The first-order valence-corrected chi connectivity index (χ1v) is 18.3. The molecule has 17 heteroatoms. The zero-order chi connectivity index (χ0) is 37.8. The van der Waals surface area contributed by atoms with Gasteiger partial charge in [-0.2, -0.15) is 13.2 Å². The van der Waals surface area contributed by atoms with E-state index in [9.17, 15) is 32.7 Å². The van der Waals surface area contributed by atoms with E-state index in [-0.39, 0.29) is 84.6 Å². The summed E-state index contributed by atoms with van der Waals surface area (Å²) in [6.07, 6.45) is 0.00651. The second-order valence-corrected chi connectivity index (χ2v) is 15.7. The van der Waals surface area contributed by atoms with Crippen LogP contribution in [0.5, 0.6) is 5.75 Å². The summed E-state index contributed by atoms with van der Waals surface area (Å²) < 4.78 is 47.9. The smallest absolute Gasteiger partial charge is 0.394 e. The van der Waals surface area contributed by atoms with E-state index in [0.717, 1.165) is 12.8 Å². The van der Waals surface area contributed by atoms with E-state index in [1.165, 1.54) is 6.33 Å². The van der Waals surface area contributed by atoms with E-state index >= 15 is 0 Å². The van der Waals surface area contributed by atoms with E-state index in [1.54, 1.807) is 23.5 Å². The van der Waals surface area contributed by atoms with Crippen LogP contribution in [0.1, 0.15) is 79.4 Å². The fourth-order valence-electron chi connectivity index (χ4n) is 9.44. The van der Waals surface area contributed by atoms with Crippen molar-refractivity contribution in [2.45, 2.75) is 115 Å². The van der Waals surface area contributed by atoms with Gasteiger partial charge in [0.15, 0.2) is 28.4 Å². The first-order chi connectivity index (χ1) is 25.1. The molecule has 3 aromatic heterocycles. The molecule has 0 aromatic carbocycles. The predicted octanol–water partition coefficient (Wildman–Crippen LogP) is 3.17. The summed E-state index contributed by atoms with van der Waals surface area (Å²) >= 11 is 0. The number of carbonyl (C=O) groups excluding carboxylic acids is 2. The lowest BCUT2D eigenvalue weighted by molar-refractivity contribution is -0.337. The second kappa shape index (κ2) is 12.2. The van der Waals surface area contributed by atoms with Gasteiger partial charge in [-0.15, -0.1) is 0 Å². The highest BCUT2D eigenvalue weighted by molar-refractivity contribution is 5.95. The zero-order valence-electron chi connectivity index (χ0n) is 30.5. The third-order valence-corrected chi connectivity index (χ3v) is 12.6. The molecule has 0 radical (unpaired) electrons. The molecule has 0 unspecified atom stereocenters. The minimum atomic E-state index is -4.30. The van der Waals surface area contributed by atoms with Crippen molar-refractivity contribution < 1.29 is 32.6 Å². The monoisotopic (exact) mass is 739 g/mol. The molecule has 6 aliphatic rings. The topological polar surface area (TPSA) is 159 Å². The summed E-state index contributed by atoms with van der Waals surface area (Å²) in [6, 6.07) is -0.345. The number of ether oxygens (including phenoxy) is 1. The van der Waals surface area contributed by atoms with E-state index < -0.39 is 28.9 Å². The molecule has 2 amide bonds. The first kappa shape index (κ1) is 35.5. The molecule has 6 fully saturated rings. The Morgan fingerprint density at radius 3 is 2.40 bits per heavy atom. The maximum Gasteiger partial charge on any atom is 0.394 e. The Morgan fingerprint density at radius 1 is 1.08 bits per heavy atom. The molecule has 53 heavy (non-hydrogen) atoms. The molecule has 5 aliphatic carbocycles. The largest absolute Gasteiger partial charge is 0.504 e. The molecular weight excluding hydrogens is 695 g/mol. The number of aromatic hydroxyl groups is 1. The predicted molar refractivity (Wildman–Crippen MR) is 187 cm³/mol. The average molecular weight is 740 g/mol. The highest BCUT2D eigenvalue weighted by Crippen LogP contribution is 2.73. The number of anilines is 2. The van der Waals surface area contributed by atoms with Crippen LogP contribution in [0.4, 0.5) is 24.7 Å². The fourth-order valence-corrected chi connectivity index (χ4v) is 9.44. The van der Waals surface area contributed by atoms with Gasteiger partial charge in [-0.25, -0.2) is 19.9 Å². The zero-order valence-corrected chi connectivity index (χ0v) is 30.5. The maximum absolute atomic E-state index is 14.8. The summed E-state index contributed by atoms with van der Waals surface area (Å²) in [7, 11) is 3.59. The van der Waals surface area contributed by atoms with E-state index in [0.29, 0.717) is 54.4 Å². The van der Waals surface area contributed by atoms with Crippen molar-refractivity contribution in [2.24, 2.45) is 5.41 Å². The van der Waals surface area contributed by atoms with Gasteiger partial charge < -0.3 is 34.4 Å². The van der Waals surface area contributed by atoms with Crippen LogP contribution in [-0.4, -0.2) is 110 Å². The number of nitrogens with one attached hydrogen (secondary N) is 1. The molecule has 14 nitrogen and oxygen atoms in total. The molecule has 2 N–H and O–H groups in total. The summed E-state index contributed by atoms with van der Waals surface area (Å²) in [5.74, 6) is -0.582. The number of carbonyl (C=O) groups is 2. The molecular formula is C36H44F3N9O5. The molecule has 0 spiro atoms. The standard InChI is InChI=1S/C36H44F3N9O5/c1-6-22-28(46-9-10-47(24-8-7-23(24)46)33(52)27-29(50)18(2)40-17-41-27)30(51)26-32(42-19(3)31(43-26)45(4)20-11-21(12-20)53-5)48(22)13-25(49)44-35-14-34(15-35,16-35)36(37,38)39/h17,20-21,23-24,50H,6-16H2,1-5H3,(H,44,49)/t20?,21?,23-,24-,34?,35?/m1/s1. The average Bonchev–Trinajstić information content (AvgIpc) is 3.03. The lowest BCUT2D eigenvalue weighted by Gasteiger charge is -2.70. The maximum atomic E-state index is 14.8. The van der Waals surface area contributed by atoms with Gasteiger partial charge in [-0.1, -0.05) is 6.92 Å². The summed E-state index contributed by atoms with van der Waals surface area (Å²) in [5.41, 5.74) is -0.846. The fraction of sp³-hybridized carbons (Fsp3) is 0.639. The lowest BCUT2D eigenvalue weighted by Crippen LogP contribution is -2.78. The third-order valence-electron chi connectivity index (χ3n) is 12.6. The number of rotatable bonds is 9. The first-order valence-electron chi connectivity index (χ1n) is 18.3. The van der Waals surface area contributed by atoms with Gasteiger partial charge >= 0.3 is 6.18 Å². The number of amides is 2. The van der Waals surface area contributed by atoms with Crippen LogP contribution in [0.3, 0.4) is 0 Å². The molecule has 3 aromatic rings. The number of piperazine rings is 1. The van der Waals surface area contributed by atoms with Crippen molar-refractivity contribution in [1.29, 1.82) is 0 Å². The highest BCUT2D eigenvalue weighted by atomic mass is 19.4. The van der Waals surface area contributed by atoms with Crippen molar-refractivity contribution in [3.05, 3.63) is 39.3 Å². The number of nitrogens with zero attached hydrogens (tertiary/aromatic N) is 8. The molecule has 1 saturated heterocycles. The lowest BCUT2D eigenvalue weighted by atomic mass is 9.39. The Morgan fingerprint density at radius 2 is 1.77 bits per heavy atom. The summed E-state index contributed by atoms with van der Waals surface area (Å²) in [4.78, 5) is 65.8. The Hall–Kier alpha value is -4.54. The number of methoxy groups -OCH3 is 1. The number of fused-ring (bicyclic) bond motifs is 2. The normalized spacial score (nSPS) is 28.7. The van der Waals surface area contributed by atoms with Gasteiger partial charge in [-0.05, 0) is 65.2 Å². The van der Waals surface area contributed by atoms with E-state index in [1.807, 2.05) is 30.7 Å². The van der Waals surface area contributed by atoms with Crippen LogP contribution >= 0.6 is 0 Å². The van der Waals surface area contributed by atoms with Crippen LogP contribution in [0.2, 0.25) is 0 Å². The van der Waals surface area contributed by atoms with Gasteiger partial charge in [0.25, 0.3) is 5.91 Å². The molecule has 1 aliphatic heterocycles. The molecule has 2 atom stereocenters. The van der Waals surface area contributed by atoms with Crippen molar-refractivity contribution >= 4 is 34.5 Å². The number of halogens is 3. The van der Waals surface area contributed by atoms with Gasteiger partial charge in [0.1, 0.15) is 18.6 Å². The van der Waals surface area contributed by atoms with Gasteiger partial charge in [0.2, 0.25) is 11.3 Å². The quantitative estimate of drug-likeness (QED) is 0.332. The third kappa shape index (κ3) is 5.35. The molecule has 9 rings (SSSR count). The summed E-state index contributed by atoms with van der Waals surface area (Å²) in [6.45, 7) is 5.59. The minimum absolute atomic E-state index is 0.0691. The van der Waals surface area contributed by atoms with Gasteiger partial charge in [0.05, 0.1) is 28.9 Å². The molecule has 2 bridgehead atoms. The number of aryl methyl sites for hydroxylation is 2. The number of hydrogen-bond donors (Lipinski definition) is 2. The number of aromatic nitrogens is 5. The molecule has 5 saturated carbocycles. The van der Waals surface area contributed by atoms with Crippen LogP contribution in [0.15, 0.2) is 11.1 Å². The van der Waals surface area contributed by atoms with Crippen molar-refractivity contribution in [2.75, 3.05) is 37.0 Å².